The SMILES string of the molecule is Fc1cc(-c2nccc3ccccc23)n[nH]1. The Hall–Kier alpha value is -2.23. The summed E-state index contributed by atoms with van der Waals surface area (Å²) in [7, 11) is 0. The van der Waals surface area contributed by atoms with Crippen LogP contribution in [0.5, 0.6) is 0 Å². The second kappa shape index (κ2) is 3.41. The molecule has 0 radical (unpaired) electrons. The number of rotatable bonds is 1. The van der Waals surface area contributed by atoms with Gasteiger partial charge in [0.15, 0.2) is 0 Å². The monoisotopic (exact) mass is 213 g/mol. The van der Waals surface area contributed by atoms with Crippen molar-refractivity contribution in [2.75, 3.05) is 0 Å². The molecule has 0 bridgehead atoms. The third-order valence-corrected chi connectivity index (χ3v) is 2.46. The third-order valence-electron chi connectivity index (χ3n) is 2.46. The predicted molar refractivity (Wildman–Crippen MR) is 59.3 cm³/mol. The highest BCUT2D eigenvalue weighted by molar-refractivity contribution is 5.93. The van der Waals surface area contributed by atoms with Gasteiger partial charge >= 0.3 is 0 Å². The Balaban J connectivity index is 2.31. The minimum Gasteiger partial charge on any atom is -0.254 e. The normalized spacial score (nSPS) is 10.8. The lowest BCUT2D eigenvalue weighted by Gasteiger charge is -2.01. The average molecular weight is 213 g/mol. The summed E-state index contributed by atoms with van der Waals surface area (Å²) in [6, 6.07) is 11.1. The van der Waals surface area contributed by atoms with Gasteiger partial charge < -0.3 is 0 Å². The van der Waals surface area contributed by atoms with Crippen LogP contribution in [0.3, 0.4) is 0 Å². The smallest absolute Gasteiger partial charge is 0.209 e. The van der Waals surface area contributed by atoms with Crippen molar-refractivity contribution < 1.29 is 4.39 Å². The van der Waals surface area contributed by atoms with Crippen LogP contribution in [0.2, 0.25) is 0 Å². The summed E-state index contributed by atoms with van der Waals surface area (Å²) in [6.07, 6.45) is 1.70. The van der Waals surface area contributed by atoms with Gasteiger partial charge in [-0.2, -0.15) is 9.49 Å². The van der Waals surface area contributed by atoms with Crippen molar-refractivity contribution in [3.8, 4) is 11.4 Å². The molecule has 0 saturated carbocycles. The number of aromatic amines is 1. The van der Waals surface area contributed by atoms with E-state index in [4.69, 9.17) is 0 Å². The Morgan fingerprint density at radius 3 is 2.81 bits per heavy atom. The molecule has 0 aliphatic carbocycles. The molecule has 1 aromatic carbocycles. The number of hydrogen-bond donors (Lipinski definition) is 1. The fourth-order valence-electron chi connectivity index (χ4n) is 1.74. The standard InChI is InChI=1S/C12H8FN3/c13-11-7-10(15-16-11)12-9-4-2-1-3-8(9)5-6-14-12/h1-7H,(H,15,16). The highest BCUT2D eigenvalue weighted by Crippen LogP contribution is 2.24. The Morgan fingerprint density at radius 2 is 2.00 bits per heavy atom. The first-order valence-corrected chi connectivity index (χ1v) is 4.89. The molecule has 0 saturated heterocycles. The van der Waals surface area contributed by atoms with Crippen molar-refractivity contribution in [3.05, 3.63) is 48.5 Å². The molecule has 0 fully saturated rings. The number of fused-ring (bicyclic) bond motifs is 1. The van der Waals surface area contributed by atoms with Crippen molar-refractivity contribution in [1.29, 1.82) is 0 Å². The van der Waals surface area contributed by atoms with E-state index in [0.29, 0.717) is 11.4 Å². The molecule has 0 spiro atoms. The molecule has 1 N–H and O–H groups in total. The summed E-state index contributed by atoms with van der Waals surface area (Å²) in [4.78, 5) is 4.24. The molecule has 4 heteroatoms. The number of benzene rings is 1. The number of pyridine rings is 1. The van der Waals surface area contributed by atoms with Crippen LogP contribution in [-0.4, -0.2) is 15.2 Å². The van der Waals surface area contributed by atoms with Crippen LogP contribution in [0.4, 0.5) is 4.39 Å². The molecule has 2 aromatic heterocycles. The summed E-state index contributed by atoms with van der Waals surface area (Å²) >= 11 is 0. The van der Waals surface area contributed by atoms with Crippen LogP contribution in [0.1, 0.15) is 0 Å². The Morgan fingerprint density at radius 1 is 1.12 bits per heavy atom. The number of nitrogens with one attached hydrogen (secondary N) is 1. The van der Waals surface area contributed by atoms with E-state index in [0.717, 1.165) is 10.8 Å². The summed E-state index contributed by atoms with van der Waals surface area (Å²) in [5, 5.41) is 8.18. The highest BCUT2D eigenvalue weighted by atomic mass is 19.1. The molecular formula is C12H8FN3. The highest BCUT2D eigenvalue weighted by Gasteiger charge is 2.08. The first-order chi connectivity index (χ1) is 7.84. The topological polar surface area (TPSA) is 41.6 Å². The molecule has 3 aromatic rings. The number of nitrogens with zero attached hydrogens (tertiary/aromatic N) is 2. The molecular weight excluding hydrogens is 205 g/mol. The van der Waals surface area contributed by atoms with Gasteiger partial charge in [0.2, 0.25) is 5.95 Å². The van der Waals surface area contributed by atoms with E-state index in [1.807, 2.05) is 30.3 Å². The fraction of sp³-hybridized carbons (Fsp3) is 0. The minimum atomic E-state index is -0.454. The fourth-order valence-corrected chi connectivity index (χ4v) is 1.74. The molecule has 0 unspecified atom stereocenters. The average Bonchev–Trinajstić information content (AvgIpc) is 2.75. The molecule has 2 heterocycles. The maximum Gasteiger partial charge on any atom is 0.209 e. The van der Waals surface area contributed by atoms with Gasteiger partial charge in [0, 0.05) is 17.6 Å². The van der Waals surface area contributed by atoms with Gasteiger partial charge in [0.1, 0.15) is 5.69 Å². The maximum absolute atomic E-state index is 12.9. The molecule has 3 rings (SSSR count). The predicted octanol–water partition coefficient (Wildman–Crippen LogP) is 2.76. The molecule has 3 nitrogen and oxygen atoms in total. The van der Waals surface area contributed by atoms with E-state index < -0.39 is 5.95 Å². The molecule has 0 aliphatic heterocycles. The Bertz CT molecular complexity index is 640. The van der Waals surface area contributed by atoms with E-state index in [1.165, 1.54) is 6.07 Å². The van der Waals surface area contributed by atoms with Crippen LogP contribution in [0, 0.1) is 5.95 Å². The van der Waals surface area contributed by atoms with Crippen LogP contribution in [0.25, 0.3) is 22.2 Å². The van der Waals surface area contributed by atoms with E-state index in [-0.39, 0.29) is 0 Å². The van der Waals surface area contributed by atoms with Gasteiger partial charge in [0.25, 0.3) is 0 Å². The lowest BCUT2D eigenvalue weighted by atomic mass is 10.1. The van der Waals surface area contributed by atoms with Gasteiger partial charge in [-0.3, -0.25) is 10.1 Å². The first kappa shape index (κ1) is 9.03. The van der Waals surface area contributed by atoms with Gasteiger partial charge in [-0.05, 0) is 11.5 Å². The molecule has 0 aliphatic rings. The number of aromatic nitrogens is 3. The second-order valence-corrected chi connectivity index (χ2v) is 3.48. The number of halogens is 1. The van der Waals surface area contributed by atoms with Crippen LogP contribution < -0.4 is 0 Å². The van der Waals surface area contributed by atoms with Crippen molar-refractivity contribution in [3.63, 3.8) is 0 Å². The van der Waals surface area contributed by atoms with Crippen molar-refractivity contribution in [2.45, 2.75) is 0 Å². The van der Waals surface area contributed by atoms with Crippen molar-refractivity contribution in [1.82, 2.24) is 15.2 Å². The van der Waals surface area contributed by atoms with Crippen LogP contribution in [-0.2, 0) is 0 Å². The van der Waals surface area contributed by atoms with E-state index in [1.54, 1.807) is 6.20 Å². The van der Waals surface area contributed by atoms with Gasteiger partial charge in [-0.15, -0.1) is 0 Å². The third kappa shape index (κ3) is 1.35. The Labute approximate surface area is 91.0 Å². The van der Waals surface area contributed by atoms with Crippen molar-refractivity contribution >= 4 is 10.8 Å². The van der Waals surface area contributed by atoms with E-state index >= 15 is 0 Å². The minimum absolute atomic E-state index is 0.454. The lowest BCUT2D eigenvalue weighted by molar-refractivity contribution is 0.579. The van der Waals surface area contributed by atoms with E-state index in [9.17, 15) is 4.39 Å². The maximum atomic E-state index is 12.9. The van der Waals surface area contributed by atoms with Gasteiger partial charge in [-0.1, -0.05) is 24.3 Å². The van der Waals surface area contributed by atoms with Gasteiger partial charge in [0.05, 0.1) is 5.69 Å². The first-order valence-electron chi connectivity index (χ1n) is 4.89. The Kier molecular flexibility index (Phi) is 1.93. The van der Waals surface area contributed by atoms with Crippen LogP contribution in [0.15, 0.2) is 42.6 Å². The van der Waals surface area contributed by atoms with E-state index in [2.05, 4.69) is 15.2 Å². The zero-order valence-electron chi connectivity index (χ0n) is 8.31. The largest absolute Gasteiger partial charge is 0.254 e. The van der Waals surface area contributed by atoms with Gasteiger partial charge in [-0.25, -0.2) is 0 Å². The number of H-pyrrole nitrogens is 1. The number of hydrogen-bond acceptors (Lipinski definition) is 2. The molecule has 78 valence electrons. The summed E-state index contributed by atoms with van der Waals surface area (Å²) < 4.78 is 12.9. The second-order valence-electron chi connectivity index (χ2n) is 3.48. The molecule has 16 heavy (non-hydrogen) atoms. The zero-order valence-corrected chi connectivity index (χ0v) is 8.31. The molecule has 0 atom stereocenters. The summed E-state index contributed by atoms with van der Waals surface area (Å²) in [5.74, 6) is -0.454. The van der Waals surface area contributed by atoms with Crippen molar-refractivity contribution in [2.24, 2.45) is 0 Å². The molecule has 0 amide bonds. The van der Waals surface area contributed by atoms with Crippen LogP contribution >= 0.6 is 0 Å². The summed E-state index contributed by atoms with van der Waals surface area (Å²) in [5.41, 5.74) is 1.22. The quantitative estimate of drug-likeness (QED) is 0.675. The lowest BCUT2D eigenvalue weighted by Crippen LogP contribution is -1.85. The summed E-state index contributed by atoms with van der Waals surface area (Å²) in [6.45, 7) is 0. The zero-order chi connectivity index (χ0) is 11.0.